The number of hydrogen-bond donors (Lipinski definition) is 0. The number of imidazole rings is 1. The number of aromatic nitrogens is 3. The molecule has 0 saturated heterocycles. The Morgan fingerprint density at radius 3 is 2.77 bits per heavy atom. The summed E-state index contributed by atoms with van der Waals surface area (Å²) in [6, 6.07) is 7.17. The fourth-order valence-electron chi connectivity index (χ4n) is 2.36. The molecule has 0 aliphatic rings. The van der Waals surface area contributed by atoms with Gasteiger partial charge < -0.3 is 4.74 Å². The zero-order valence-corrected chi connectivity index (χ0v) is 13.0. The van der Waals surface area contributed by atoms with Crippen LogP contribution >= 0.6 is 0 Å². The number of methoxy groups -OCH3 is 1. The molecule has 6 nitrogen and oxygen atoms in total. The molecule has 0 spiro atoms. The average molecular weight is 317 g/mol. The lowest BCUT2D eigenvalue weighted by molar-refractivity contribution is 0.416. The largest absolute Gasteiger partial charge is 0.496 e. The number of pyridine rings is 1. The Morgan fingerprint density at radius 1 is 1.23 bits per heavy atom. The number of ether oxygens (including phenoxy) is 1. The van der Waals surface area contributed by atoms with Crippen molar-refractivity contribution in [2.24, 2.45) is 0 Å². The van der Waals surface area contributed by atoms with E-state index >= 15 is 0 Å². The van der Waals surface area contributed by atoms with Gasteiger partial charge in [0.1, 0.15) is 12.1 Å². The Morgan fingerprint density at radius 2 is 2.05 bits per heavy atom. The summed E-state index contributed by atoms with van der Waals surface area (Å²) in [4.78, 5) is 8.40. The maximum atomic E-state index is 12.1. The molecule has 0 atom stereocenters. The van der Waals surface area contributed by atoms with E-state index < -0.39 is 10.0 Å². The Hall–Kier alpha value is -2.41. The summed E-state index contributed by atoms with van der Waals surface area (Å²) in [5.74, 6) is 0.675. The van der Waals surface area contributed by atoms with E-state index in [-0.39, 0.29) is 5.75 Å². The van der Waals surface area contributed by atoms with Gasteiger partial charge in [0, 0.05) is 23.5 Å². The number of para-hydroxylation sites is 1. The molecular formula is C15H15N3O3S. The molecule has 0 N–H and O–H groups in total. The summed E-state index contributed by atoms with van der Waals surface area (Å²) < 4.78 is 30.8. The summed E-state index contributed by atoms with van der Waals surface area (Å²) >= 11 is 0. The van der Waals surface area contributed by atoms with Crippen molar-refractivity contribution in [2.75, 3.05) is 12.9 Å². The molecule has 0 fully saturated rings. The summed E-state index contributed by atoms with van der Waals surface area (Å²) in [6.45, 7) is 1.61. The monoisotopic (exact) mass is 317 g/mol. The SMILES string of the molecule is CCS(=O)(=O)n1cnc2c(-c3cnccc3OC)cccc21. The van der Waals surface area contributed by atoms with Crippen LogP contribution in [0.4, 0.5) is 0 Å². The van der Waals surface area contributed by atoms with Crippen molar-refractivity contribution in [3.8, 4) is 16.9 Å². The summed E-state index contributed by atoms with van der Waals surface area (Å²) in [5, 5.41) is 0. The van der Waals surface area contributed by atoms with Crippen molar-refractivity contribution in [2.45, 2.75) is 6.92 Å². The van der Waals surface area contributed by atoms with E-state index in [0.717, 1.165) is 11.1 Å². The summed E-state index contributed by atoms with van der Waals surface area (Å²) in [7, 11) is -1.81. The average Bonchev–Trinajstić information content (AvgIpc) is 2.99. The molecule has 7 heteroatoms. The van der Waals surface area contributed by atoms with Crippen LogP contribution in [0.3, 0.4) is 0 Å². The van der Waals surface area contributed by atoms with Crippen molar-refractivity contribution in [1.82, 2.24) is 13.9 Å². The second-order valence-corrected chi connectivity index (χ2v) is 6.82. The van der Waals surface area contributed by atoms with Gasteiger partial charge in [0.05, 0.1) is 23.9 Å². The van der Waals surface area contributed by atoms with Crippen LogP contribution in [0.25, 0.3) is 22.2 Å². The van der Waals surface area contributed by atoms with Gasteiger partial charge in [0.15, 0.2) is 0 Å². The Bertz CT molecular complexity index is 932. The van der Waals surface area contributed by atoms with Gasteiger partial charge in [0.2, 0.25) is 10.0 Å². The minimum atomic E-state index is -3.39. The number of fused-ring (bicyclic) bond motifs is 1. The first-order chi connectivity index (χ1) is 10.6. The van der Waals surface area contributed by atoms with E-state index in [2.05, 4.69) is 9.97 Å². The zero-order chi connectivity index (χ0) is 15.7. The lowest BCUT2D eigenvalue weighted by atomic mass is 10.1. The van der Waals surface area contributed by atoms with Gasteiger partial charge in [-0.25, -0.2) is 17.4 Å². The van der Waals surface area contributed by atoms with Gasteiger partial charge in [-0.15, -0.1) is 0 Å². The molecule has 0 radical (unpaired) electrons. The van der Waals surface area contributed by atoms with E-state index in [0.29, 0.717) is 16.8 Å². The maximum absolute atomic E-state index is 12.1. The number of benzene rings is 1. The molecule has 2 heterocycles. The number of hydrogen-bond acceptors (Lipinski definition) is 5. The Labute approximate surface area is 128 Å². The first kappa shape index (κ1) is 14.5. The fourth-order valence-corrected chi connectivity index (χ4v) is 3.27. The molecule has 2 aromatic heterocycles. The molecule has 3 rings (SSSR count). The predicted molar refractivity (Wildman–Crippen MR) is 84.4 cm³/mol. The van der Waals surface area contributed by atoms with E-state index in [9.17, 15) is 8.42 Å². The van der Waals surface area contributed by atoms with Gasteiger partial charge in [-0.05, 0) is 19.1 Å². The molecule has 0 amide bonds. The van der Waals surface area contributed by atoms with Crippen molar-refractivity contribution in [3.63, 3.8) is 0 Å². The molecule has 114 valence electrons. The molecule has 0 aliphatic carbocycles. The molecule has 0 aliphatic heterocycles. The highest BCUT2D eigenvalue weighted by Crippen LogP contribution is 2.33. The molecular weight excluding hydrogens is 302 g/mol. The number of rotatable bonds is 4. The first-order valence-corrected chi connectivity index (χ1v) is 8.37. The van der Waals surface area contributed by atoms with Crippen LogP contribution in [-0.4, -0.2) is 35.2 Å². The highest BCUT2D eigenvalue weighted by Gasteiger charge is 2.18. The fraction of sp³-hybridized carbons (Fsp3) is 0.200. The standard InChI is InChI=1S/C15H15N3O3S/c1-3-22(19,20)18-10-17-15-11(5-4-6-13(15)18)12-9-16-8-7-14(12)21-2/h4-10H,3H2,1-2H3. The highest BCUT2D eigenvalue weighted by molar-refractivity contribution is 7.90. The molecule has 0 bridgehead atoms. The van der Waals surface area contributed by atoms with Crippen LogP contribution < -0.4 is 4.74 Å². The van der Waals surface area contributed by atoms with E-state index in [1.54, 1.807) is 44.6 Å². The normalized spacial score (nSPS) is 11.7. The maximum Gasteiger partial charge on any atom is 0.240 e. The number of nitrogens with zero attached hydrogens (tertiary/aromatic N) is 3. The van der Waals surface area contributed by atoms with Gasteiger partial charge in [-0.1, -0.05) is 12.1 Å². The van der Waals surface area contributed by atoms with Crippen LogP contribution in [0.1, 0.15) is 6.92 Å². The van der Waals surface area contributed by atoms with Crippen molar-refractivity contribution in [3.05, 3.63) is 43.0 Å². The summed E-state index contributed by atoms with van der Waals surface area (Å²) in [5.41, 5.74) is 2.71. The second-order valence-electron chi connectivity index (χ2n) is 4.69. The quantitative estimate of drug-likeness (QED) is 0.738. The highest BCUT2D eigenvalue weighted by atomic mass is 32.2. The molecule has 3 aromatic rings. The van der Waals surface area contributed by atoms with Crippen LogP contribution in [0.2, 0.25) is 0 Å². The lowest BCUT2D eigenvalue weighted by Crippen LogP contribution is -2.13. The molecule has 0 unspecified atom stereocenters. The Balaban J connectivity index is 2.30. The third kappa shape index (κ3) is 2.23. The van der Waals surface area contributed by atoms with Crippen molar-refractivity contribution >= 4 is 21.1 Å². The van der Waals surface area contributed by atoms with Crippen LogP contribution in [-0.2, 0) is 10.0 Å². The van der Waals surface area contributed by atoms with Gasteiger partial charge in [-0.3, -0.25) is 4.98 Å². The van der Waals surface area contributed by atoms with E-state index in [4.69, 9.17) is 4.74 Å². The topological polar surface area (TPSA) is 74.1 Å². The Kier molecular flexibility index (Phi) is 3.58. The summed E-state index contributed by atoms with van der Waals surface area (Å²) in [6.07, 6.45) is 4.67. The zero-order valence-electron chi connectivity index (χ0n) is 12.2. The van der Waals surface area contributed by atoms with E-state index in [1.807, 2.05) is 6.07 Å². The minimum absolute atomic E-state index is 0.0128. The second kappa shape index (κ2) is 5.42. The van der Waals surface area contributed by atoms with E-state index in [1.165, 1.54) is 10.3 Å². The third-order valence-corrected chi connectivity index (χ3v) is 5.12. The van der Waals surface area contributed by atoms with Gasteiger partial charge in [-0.2, -0.15) is 0 Å². The van der Waals surface area contributed by atoms with Gasteiger partial charge >= 0.3 is 0 Å². The minimum Gasteiger partial charge on any atom is -0.496 e. The van der Waals surface area contributed by atoms with Crippen molar-refractivity contribution in [1.29, 1.82) is 0 Å². The smallest absolute Gasteiger partial charge is 0.240 e. The molecule has 0 saturated carbocycles. The molecule has 22 heavy (non-hydrogen) atoms. The third-order valence-electron chi connectivity index (χ3n) is 3.50. The predicted octanol–water partition coefficient (Wildman–Crippen LogP) is 2.30. The molecule has 1 aromatic carbocycles. The van der Waals surface area contributed by atoms with Gasteiger partial charge in [0.25, 0.3) is 0 Å². The lowest BCUT2D eigenvalue weighted by Gasteiger charge is -2.09. The van der Waals surface area contributed by atoms with Crippen LogP contribution in [0.15, 0.2) is 43.0 Å². The van der Waals surface area contributed by atoms with Crippen LogP contribution in [0.5, 0.6) is 5.75 Å². The first-order valence-electron chi connectivity index (χ1n) is 6.76. The van der Waals surface area contributed by atoms with Crippen molar-refractivity contribution < 1.29 is 13.2 Å². The van der Waals surface area contributed by atoms with Crippen LogP contribution in [0, 0.1) is 0 Å².